The lowest BCUT2D eigenvalue weighted by atomic mass is 10.1. The van der Waals surface area contributed by atoms with E-state index in [1.807, 2.05) is 25.1 Å². The van der Waals surface area contributed by atoms with E-state index in [1.165, 1.54) is 9.87 Å². The molecule has 31 heavy (non-hydrogen) atoms. The van der Waals surface area contributed by atoms with E-state index in [0.29, 0.717) is 12.2 Å². The number of hydrogen-bond donors (Lipinski definition) is 1. The molecule has 1 aliphatic heterocycles. The van der Waals surface area contributed by atoms with Gasteiger partial charge in [0.15, 0.2) is 0 Å². The van der Waals surface area contributed by atoms with Crippen LogP contribution in [0.4, 0.5) is 5.69 Å². The Kier molecular flexibility index (Phi) is 7.69. The van der Waals surface area contributed by atoms with Crippen molar-refractivity contribution in [1.82, 2.24) is 10.2 Å². The molecular formula is C23H31N3O4S. The van der Waals surface area contributed by atoms with Gasteiger partial charge in [-0.05, 0) is 42.7 Å². The highest BCUT2D eigenvalue weighted by atomic mass is 32.2. The van der Waals surface area contributed by atoms with Gasteiger partial charge < -0.3 is 10.1 Å². The molecule has 2 aromatic rings. The number of ether oxygens (including phenoxy) is 1. The first kappa shape index (κ1) is 23.2. The molecule has 1 fully saturated rings. The monoisotopic (exact) mass is 445 g/mol. The molecule has 8 heteroatoms. The van der Waals surface area contributed by atoms with Crippen molar-refractivity contribution < 1.29 is 17.9 Å². The summed E-state index contributed by atoms with van der Waals surface area (Å²) in [6.07, 6.45) is 1.12. The van der Waals surface area contributed by atoms with Gasteiger partial charge in [-0.3, -0.25) is 14.0 Å². The molecule has 1 saturated heterocycles. The van der Waals surface area contributed by atoms with Gasteiger partial charge in [-0.25, -0.2) is 8.42 Å². The first-order chi connectivity index (χ1) is 14.7. The summed E-state index contributed by atoms with van der Waals surface area (Å²) in [6, 6.07) is 14.4. The van der Waals surface area contributed by atoms with E-state index in [-0.39, 0.29) is 5.91 Å². The number of nitrogens with one attached hydrogen (secondary N) is 1. The van der Waals surface area contributed by atoms with Crippen LogP contribution in [0.3, 0.4) is 0 Å². The molecule has 0 spiro atoms. The van der Waals surface area contributed by atoms with Crippen LogP contribution in [-0.2, 0) is 32.6 Å². The molecule has 1 heterocycles. The third-order valence-electron chi connectivity index (χ3n) is 5.34. The summed E-state index contributed by atoms with van der Waals surface area (Å²) in [5.74, 6) is -0.343. The lowest BCUT2D eigenvalue weighted by Gasteiger charge is -2.28. The minimum Gasteiger partial charge on any atom is -0.379 e. The molecule has 0 bridgehead atoms. The maximum atomic E-state index is 12.8. The van der Waals surface area contributed by atoms with Crippen LogP contribution in [0.15, 0.2) is 48.5 Å². The van der Waals surface area contributed by atoms with Gasteiger partial charge in [0, 0.05) is 26.2 Å². The zero-order valence-corrected chi connectivity index (χ0v) is 19.2. The van der Waals surface area contributed by atoms with Crippen molar-refractivity contribution in [1.29, 1.82) is 0 Å². The molecule has 1 atom stereocenters. The average molecular weight is 446 g/mol. The second-order valence-electron chi connectivity index (χ2n) is 8.00. The van der Waals surface area contributed by atoms with Gasteiger partial charge in [0.05, 0.1) is 25.2 Å². The predicted molar refractivity (Wildman–Crippen MR) is 122 cm³/mol. The average Bonchev–Trinajstić information content (AvgIpc) is 2.73. The van der Waals surface area contributed by atoms with Gasteiger partial charge in [-0.15, -0.1) is 0 Å². The van der Waals surface area contributed by atoms with Gasteiger partial charge in [0.1, 0.15) is 6.04 Å². The fraction of sp³-hybridized carbons (Fsp3) is 0.435. The molecule has 0 aromatic heterocycles. The van der Waals surface area contributed by atoms with Crippen LogP contribution >= 0.6 is 0 Å². The van der Waals surface area contributed by atoms with Crippen molar-refractivity contribution in [3.63, 3.8) is 0 Å². The van der Waals surface area contributed by atoms with E-state index in [4.69, 9.17) is 4.74 Å². The van der Waals surface area contributed by atoms with Crippen LogP contribution in [0.5, 0.6) is 0 Å². The van der Waals surface area contributed by atoms with E-state index in [2.05, 4.69) is 22.3 Å². The highest BCUT2D eigenvalue weighted by molar-refractivity contribution is 7.92. The molecule has 3 rings (SSSR count). The lowest BCUT2D eigenvalue weighted by molar-refractivity contribution is -0.122. The van der Waals surface area contributed by atoms with Crippen molar-refractivity contribution in [2.24, 2.45) is 0 Å². The Morgan fingerprint density at radius 1 is 1.13 bits per heavy atom. The minimum absolute atomic E-state index is 0.340. The molecule has 7 nitrogen and oxygen atoms in total. The third kappa shape index (κ3) is 6.53. The van der Waals surface area contributed by atoms with Gasteiger partial charge in [-0.1, -0.05) is 36.4 Å². The quantitative estimate of drug-likeness (QED) is 0.675. The summed E-state index contributed by atoms with van der Waals surface area (Å²) < 4.78 is 31.3. The largest absolute Gasteiger partial charge is 0.379 e. The predicted octanol–water partition coefficient (Wildman–Crippen LogP) is 2.30. The normalized spacial score (nSPS) is 16.0. The fourth-order valence-corrected chi connectivity index (χ4v) is 4.86. The third-order valence-corrected chi connectivity index (χ3v) is 6.59. The Hall–Kier alpha value is -2.42. The van der Waals surface area contributed by atoms with E-state index in [0.717, 1.165) is 50.2 Å². The molecule has 1 N–H and O–H groups in total. The number of sulfonamides is 1. The highest BCUT2D eigenvalue weighted by Crippen LogP contribution is 2.22. The van der Waals surface area contributed by atoms with Crippen molar-refractivity contribution in [3.05, 3.63) is 65.2 Å². The van der Waals surface area contributed by atoms with E-state index in [9.17, 15) is 13.2 Å². The van der Waals surface area contributed by atoms with E-state index in [1.54, 1.807) is 25.1 Å². The van der Waals surface area contributed by atoms with Crippen molar-refractivity contribution >= 4 is 21.6 Å². The molecule has 0 aliphatic carbocycles. The number of morpholine rings is 1. The molecule has 1 amide bonds. The topological polar surface area (TPSA) is 79.0 Å². The molecule has 168 valence electrons. The standard InChI is InChI=1S/C23H31N3O4S/c1-18-5-4-6-22(15-18)26(31(3,28)29)19(2)23(27)24-16-20-7-9-21(10-8-20)17-25-11-13-30-14-12-25/h4-10,15,19H,11-14,16-17H2,1-3H3,(H,24,27). The van der Waals surface area contributed by atoms with Crippen molar-refractivity contribution in [2.75, 3.05) is 36.9 Å². The summed E-state index contributed by atoms with van der Waals surface area (Å²) in [6.45, 7) is 8.13. The minimum atomic E-state index is -3.62. The maximum Gasteiger partial charge on any atom is 0.243 e. The van der Waals surface area contributed by atoms with Crippen LogP contribution in [0, 0.1) is 6.92 Å². The fourth-order valence-electron chi connectivity index (χ4n) is 3.69. The van der Waals surface area contributed by atoms with Gasteiger partial charge >= 0.3 is 0 Å². The van der Waals surface area contributed by atoms with Crippen LogP contribution < -0.4 is 9.62 Å². The van der Waals surface area contributed by atoms with E-state index < -0.39 is 16.1 Å². The van der Waals surface area contributed by atoms with Crippen molar-refractivity contribution in [2.45, 2.75) is 33.0 Å². The number of amides is 1. The summed E-state index contributed by atoms with van der Waals surface area (Å²) in [5, 5.41) is 2.86. The summed E-state index contributed by atoms with van der Waals surface area (Å²) in [4.78, 5) is 15.1. The number of aryl methyl sites for hydroxylation is 1. The second kappa shape index (κ2) is 10.3. The van der Waals surface area contributed by atoms with Crippen LogP contribution in [0.1, 0.15) is 23.6 Å². The number of carbonyl (C=O) groups is 1. The summed E-state index contributed by atoms with van der Waals surface area (Å²) in [5.41, 5.74) is 3.59. The Morgan fingerprint density at radius 3 is 2.39 bits per heavy atom. The zero-order chi connectivity index (χ0) is 22.4. The molecular weight excluding hydrogens is 414 g/mol. The number of benzene rings is 2. The molecule has 1 unspecified atom stereocenters. The van der Waals surface area contributed by atoms with Crippen LogP contribution in [0.25, 0.3) is 0 Å². The molecule has 0 radical (unpaired) electrons. The van der Waals surface area contributed by atoms with Crippen LogP contribution in [0.2, 0.25) is 0 Å². The van der Waals surface area contributed by atoms with Crippen molar-refractivity contribution in [3.8, 4) is 0 Å². The summed E-state index contributed by atoms with van der Waals surface area (Å²) >= 11 is 0. The zero-order valence-electron chi connectivity index (χ0n) is 18.4. The number of hydrogen-bond acceptors (Lipinski definition) is 5. The highest BCUT2D eigenvalue weighted by Gasteiger charge is 2.29. The van der Waals surface area contributed by atoms with E-state index >= 15 is 0 Å². The Balaban J connectivity index is 1.60. The lowest BCUT2D eigenvalue weighted by Crippen LogP contribution is -2.47. The second-order valence-corrected chi connectivity index (χ2v) is 9.86. The first-order valence-electron chi connectivity index (χ1n) is 10.5. The Labute approximate surface area is 185 Å². The van der Waals surface area contributed by atoms with Crippen LogP contribution in [-0.4, -0.2) is 57.8 Å². The Bertz CT molecular complexity index is 986. The molecule has 1 aliphatic rings. The SMILES string of the molecule is Cc1cccc(N(C(C)C(=O)NCc2ccc(CN3CCOCC3)cc2)S(C)(=O)=O)c1. The number of anilines is 1. The first-order valence-corrected chi connectivity index (χ1v) is 12.3. The maximum absolute atomic E-state index is 12.8. The van der Waals surface area contributed by atoms with Gasteiger partial charge in [-0.2, -0.15) is 0 Å². The molecule has 0 saturated carbocycles. The number of carbonyl (C=O) groups excluding carboxylic acids is 1. The number of nitrogens with zero attached hydrogens (tertiary/aromatic N) is 2. The smallest absolute Gasteiger partial charge is 0.243 e. The summed E-state index contributed by atoms with van der Waals surface area (Å²) in [7, 11) is -3.62. The van der Waals surface area contributed by atoms with Gasteiger partial charge in [0.25, 0.3) is 0 Å². The molecule has 2 aromatic carbocycles. The Morgan fingerprint density at radius 2 is 1.77 bits per heavy atom. The van der Waals surface area contributed by atoms with Gasteiger partial charge in [0.2, 0.25) is 15.9 Å². The number of rotatable bonds is 8.